The predicted octanol–water partition coefficient (Wildman–Crippen LogP) is 2.21. The van der Waals surface area contributed by atoms with Gasteiger partial charge in [0.05, 0.1) is 32.6 Å². The van der Waals surface area contributed by atoms with Gasteiger partial charge in [-0.1, -0.05) is 68.2 Å². The fourth-order valence-corrected chi connectivity index (χ4v) is 4.98. The van der Waals surface area contributed by atoms with Gasteiger partial charge in [-0.15, -0.1) is 0 Å². The number of H-pyrrole nitrogens is 1. The molecule has 1 saturated heterocycles. The summed E-state index contributed by atoms with van der Waals surface area (Å²) < 4.78 is 1.86. The first-order valence-electron chi connectivity index (χ1n) is 12.6. The predicted molar refractivity (Wildman–Crippen MR) is 147 cm³/mol. The fourth-order valence-electron chi connectivity index (χ4n) is 4.98. The van der Waals surface area contributed by atoms with Crippen molar-refractivity contribution in [3.8, 4) is 0 Å². The van der Waals surface area contributed by atoms with Gasteiger partial charge in [-0.25, -0.2) is 4.79 Å². The molecule has 6 nitrogen and oxygen atoms in total. The third-order valence-electron chi connectivity index (χ3n) is 6.69. The Morgan fingerprint density at radius 2 is 1.80 bits per heavy atom. The van der Waals surface area contributed by atoms with Crippen LogP contribution in [-0.2, 0) is 4.79 Å². The van der Waals surface area contributed by atoms with E-state index < -0.39 is 5.94 Å². The molecule has 1 fully saturated rings. The summed E-state index contributed by atoms with van der Waals surface area (Å²) in [5.74, 6) is -0.603. The lowest BCUT2D eigenvalue weighted by atomic mass is 9.49. The summed E-state index contributed by atoms with van der Waals surface area (Å²) in [6.07, 6.45) is 2.42. The molecule has 35 heavy (non-hydrogen) atoms. The molecule has 3 aromatic rings. The maximum atomic E-state index is 12.7. The number of carbonyl (C=O) groups excluding carboxylic acids is 1. The van der Waals surface area contributed by atoms with Crippen molar-refractivity contribution in [1.29, 1.82) is 0 Å². The molecule has 1 aliphatic rings. The van der Waals surface area contributed by atoms with Gasteiger partial charge in [-0.2, -0.15) is 0 Å². The van der Waals surface area contributed by atoms with Crippen molar-refractivity contribution in [3.05, 3.63) is 64.6 Å². The second kappa shape index (κ2) is 12.9. The van der Waals surface area contributed by atoms with Gasteiger partial charge in [0, 0.05) is 26.9 Å². The van der Waals surface area contributed by atoms with Crippen LogP contribution >= 0.6 is 0 Å². The molecule has 9 heteroatoms. The fraction of sp³-hybridized carbons (Fsp3) is 0.462. The number of piperidine rings is 1. The molecule has 2 N–H and O–H groups in total. The molecule has 1 aliphatic heterocycles. The van der Waals surface area contributed by atoms with E-state index >= 15 is 0 Å². The van der Waals surface area contributed by atoms with Crippen molar-refractivity contribution in [2.75, 3.05) is 19.6 Å². The number of aromatic nitrogens is 2. The van der Waals surface area contributed by atoms with E-state index in [0.29, 0.717) is 6.54 Å². The van der Waals surface area contributed by atoms with Crippen LogP contribution in [0.1, 0.15) is 57.6 Å². The Labute approximate surface area is 211 Å². The lowest BCUT2D eigenvalue weighted by Crippen LogP contribution is -2.47. The van der Waals surface area contributed by atoms with Crippen LogP contribution in [-0.4, -0.2) is 68.7 Å². The van der Waals surface area contributed by atoms with Gasteiger partial charge in [0.2, 0.25) is 5.91 Å². The number of amides is 1. The average Bonchev–Trinajstić information content (AvgIpc) is 3.22. The first-order chi connectivity index (χ1) is 17.0. The molecular weight excluding hydrogens is 433 g/mol. The topological polar surface area (TPSA) is 70.1 Å². The summed E-state index contributed by atoms with van der Waals surface area (Å²) in [5.41, 5.74) is 3.70. The van der Waals surface area contributed by atoms with E-state index in [4.69, 9.17) is 15.6 Å². The summed E-state index contributed by atoms with van der Waals surface area (Å²) in [6.45, 7) is 7.86. The van der Waals surface area contributed by atoms with Crippen molar-refractivity contribution in [2.45, 2.75) is 57.9 Å². The second-order valence-electron chi connectivity index (χ2n) is 8.73. The number of fused-ring (bicyclic) bond motifs is 1. The molecule has 1 aromatic heterocycles. The zero-order valence-electron chi connectivity index (χ0n) is 21.0. The van der Waals surface area contributed by atoms with Crippen LogP contribution in [0.5, 0.6) is 0 Å². The molecule has 179 valence electrons. The third-order valence-corrected chi connectivity index (χ3v) is 6.69. The monoisotopic (exact) mass is 467 g/mol. The number of carbonyl (C=O) groups is 1. The maximum Gasteiger partial charge on any atom is 0.326 e. The number of benzene rings is 2. The minimum atomic E-state index is -0.495. The Balaban J connectivity index is 0.00000167. The number of para-hydroxylation sites is 2. The van der Waals surface area contributed by atoms with Gasteiger partial charge < -0.3 is 10.3 Å². The number of imidazole rings is 1. The van der Waals surface area contributed by atoms with Crippen molar-refractivity contribution >= 4 is 45.2 Å². The molecule has 0 spiro atoms. The zero-order valence-corrected chi connectivity index (χ0v) is 21.0. The minimum absolute atomic E-state index is 0.0237. The van der Waals surface area contributed by atoms with Crippen LogP contribution < -0.4 is 16.5 Å². The summed E-state index contributed by atoms with van der Waals surface area (Å²) in [6, 6.07) is 15.8. The summed E-state index contributed by atoms with van der Waals surface area (Å²) in [4.78, 5) is 30.3. The average molecular weight is 467 g/mol. The van der Waals surface area contributed by atoms with Crippen LogP contribution in [0.3, 0.4) is 0 Å². The molecule has 0 bridgehead atoms. The Kier molecular flexibility index (Phi) is 9.90. The van der Waals surface area contributed by atoms with Crippen LogP contribution in [0.25, 0.3) is 11.0 Å². The zero-order chi connectivity index (χ0) is 25.4. The Morgan fingerprint density at radius 1 is 1.14 bits per heavy atom. The highest BCUT2D eigenvalue weighted by molar-refractivity contribution is 6.97. The molecule has 5 radical (unpaired) electrons. The van der Waals surface area contributed by atoms with Gasteiger partial charge in [0.1, 0.15) is 0 Å². The van der Waals surface area contributed by atoms with Crippen molar-refractivity contribution in [2.24, 2.45) is 0 Å². The van der Waals surface area contributed by atoms with Crippen LogP contribution in [0.2, 0.25) is 0 Å². The Morgan fingerprint density at radius 3 is 2.49 bits per heavy atom. The first-order valence-corrected chi connectivity index (χ1v) is 12.6. The molecule has 2 atom stereocenters. The molecule has 2 unspecified atom stereocenters. The molecule has 0 saturated carbocycles. The number of hydrogen-bond acceptors (Lipinski definition) is 3. The van der Waals surface area contributed by atoms with E-state index in [2.05, 4.69) is 22.1 Å². The van der Waals surface area contributed by atoms with E-state index in [1.807, 2.05) is 66.9 Å². The van der Waals surface area contributed by atoms with Crippen molar-refractivity contribution in [3.63, 3.8) is 0 Å². The normalized spacial score (nSPS) is 16.2. The number of rotatable bonds is 8. The largest absolute Gasteiger partial charge is 0.360 e. The Bertz CT molecular complexity index is 1150. The van der Waals surface area contributed by atoms with Gasteiger partial charge in [0.15, 0.2) is 0 Å². The lowest BCUT2D eigenvalue weighted by Gasteiger charge is -2.33. The molecule has 2 heterocycles. The van der Waals surface area contributed by atoms with E-state index in [-0.39, 0.29) is 23.6 Å². The SMILES string of the molecule is CC.[B][B]c1ccccc1C(CC)C([B])NC(=O)CN1CCC(n2c(=O)[nH]c3ccccc32)CC1. The molecule has 0 aliphatic carbocycles. The number of aromatic amines is 1. The van der Waals surface area contributed by atoms with E-state index in [1.54, 1.807) is 7.17 Å². The smallest absolute Gasteiger partial charge is 0.326 e. The highest BCUT2D eigenvalue weighted by atomic mass is 16.2. The number of likely N-dealkylation sites (tertiary alicyclic amines) is 1. The highest BCUT2D eigenvalue weighted by Crippen LogP contribution is 2.25. The van der Waals surface area contributed by atoms with Gasteiger partial charge in [-0.05, 0) is 43.3 Å². The molecular formula is C26H34B3N4O2. The number of nitrogens with one attached hydrogen (secondary N) is 2. The van der Waals surface area contributed by atoms with Crippen LogP contribution in [0, 0.1) is 0 Å². The quantitative estimate of drug-likeness (QED) is 0.500. The summed E-state index contributed by atoms with van der Waals surface area (Å²) in [7, 11) is 13.7. The number of hydrogen-bond donors (Lipinski definition) is 2. The van der Waals surface area contributed by atoms with Crippen molar-refractivity contribution in [1.82, 2.24) is 19.8 Å². The van der Waals surface area contributed by atoms with Crippen molar-refractivity contribution < 1.29 is 4.79 Å². The van der Waals surface area contributed by atoms with E-state index in [9.17, 15) is 9.59 Å². The van der Waals surface area contributed by atoms with E-state index in [0.717, 1.165) is 54.4 Å². The lowest BCUT2D eigenvalue weighted by molar-refractivity contribution is -0.122. The maximum absolute atomic E-state index is 12.7. The summed E-state index contributed by atoms with van der Waals surface area (Å²) in [5, 5.41) is 2.98. The van der Waals surface area contributed by atoms with Crippen LogP contribution in [0.4, 0.5) is 0 Å². The van der Waals surface area contributed by atoms with Gasteiger partial charge in [-0.3, -0.25) is 14.3 Å². The number of nitrogens with zero attached hydrogens (tertiary/aromatic N) is 2. The molecule has 1 amide bonds. The highest BCUT2D eigenvalue weighted by Gasteiger charge is 2.26. The van der Waals surface area contributed by atoms with Crippen LogP contribution in [0.15, 0.2) is 53.3 Å². The third kappa shape index (κ3) is 6.32. The second-order valence-corrected chi connectivity index (χ2v) is 8.73. The Hall–Kier alpha value is -2.67. The first kappa shape index (κ1) is 26.9. The minimum Gasteiger partial charge on any atom is -0.360 e. The standard InChI is InChI=1S/C24H28B3N4O2.C2H6/c1-2-17(18-7-3-4-8-19(18)27-26)23(25)29-22(32)15-30-13-11-16(12-14-30)31-21-10-6-5-9-20(21)28-24(31)33;1-2/h3-10,16-17,23H,2,11-15H2,1H3,(H,28,33)(H,29,32);1-2H3. The van der Waals surface area contributed by atoms with Gasteiger partial charge >= 0.3 is 5.69 Å². The van der Waals surface area contributed by atoms with Gasteiger partial charge in [0.25, 0.3) is 0 Å². The summed E-state index contributed by atoms with van der Waals surface area (Å²) >= 11 is 0. The molecule has 4 rings (SSSR count). The molecule has 2 aromatic carbocycles. The van der Waals surface area contributed by atoms with E-state index in [1.165, 1.54) is 0 Å².